The summed E-state index contributed by atoms with van der Waals surface area (Å²) in [5.74, 6) is 1.48. The second-order valence-corrected chi connectivity index (χ2v) is 10.5. The quantitative estimate of drug-likeness (QED) is 0.242. The molecule has 0 spiro atoms. The van der Waals surface area contributed by atoms with Crippen molar-refractivity contribution in [3.63, 3.8) is 0 Å². The Hall–Kier alpha value is -2.16. The van der Waals surface area contributed by atoms with Crippen LogP contribution in [0.25, 0.3) is 11.4 Å². The van der Waals surface area contributed by atoms with E-state index in [1.54, 1.807) is 12.4 Å². The first kappa shape index (κ1) is 24.0. The fourth-order valence-electron chi connectivity index (χ4n) is 6.07. The van der Waals surface area contributed by atoms with Gasteiger partial charge in [0.2, 0.25) is 0 Å². The molecular formula is C30H42N2O. The van der Waals surface area contributed by atoms with Crippen LogP contribution >= 0.6 is 0 Å². The molecule has 5 rings (SSSR count). The second-order valence-electron chi connectivity index (χ2n) is 10.5. The van der Waals surface area contributed by atoms with Gasteiger partial charge in [0.1, 0.15) is 6.61 Å². The minimum atomic E-state index is 0.410. The predicted molar refractivity (Wildman–Crippen MR) is 138 cm³/mol. The molecule has 3 fully saturated rings. The van der Waals surface area contributed by atoms with E-state index in [9.17, 15) is 0 Å². The summed E-state index contributed by atoms with van der Waals surface area (Å²) in [5, 5.41) is 0. The summed E-state index contributed by atoms with van der Waals surface area (Å²) in [6.07, 6.45) is 25.6. The first-order valence-electron chi connectivity index (χ1n) is 13.4. The van der Waals surface area contributed by atoms with Crippen molar-refractivity contribution >= 4 is 0 Å². The monoisotopic (exact) mass is 446 g/mol. The van der Waals surface area contributed by atoms with Crippen molar-refractivity contribution in [2.75, 3.05) is 6.61 Å². The predicted octanol–water partition coefficient (Wildman–Crippen LogP) is 8.44. The Labute approximate surface area is 201 Å². The largest absolute Gasteiger partial charge is 0.486 e. The van der Waals surface area contributed by atoms with Crippen molar-refractivity contribution in [3.05, 3.63) is 54.4 Å². The Morgan fingerprint density at radius 2 is 1.48 bits per heavy atom. The number of benzene rings is 1. The van der Waals surface area contributed by atoms with Gasteiger partial charge in [-0.3, -0.25) is 0 Å². The van der Waals surface area contributed by atoms with Gasteiger partial charge in [-0.15, -0.1) is 0 Å². The second kappa shape index (κ2) is 11.3. The molecule has 3 aliphatic rings. The van der Waals surface area contributed by atoms with Crippen molar-refractivity contribution in [3.8, 4) is 17.1 Å². The Balaban J connectivity index is 1.32. The molecule has 0 unspecified atom stereocenters. The number of allylic oxidation sites excluding steroid dienone is 1. The maximum absolute atomic E-state index is 5.67. The summed E-state index contributed by atoms with van der Waals surface area (Å²) < 4.78 is 5.67. The SMILES string of the molecule is CC/C=C/COc1cnc(-c2ccc(C34CCC(CCCCCCC)(CC3)CC4)cc2)nc1. The molecule has 0 atom stereocenters. The third kappa shape index (κ3) is 5.86. The zero-order chi connectivity index (χ0) is 23.0. The lowest BCUT2D eigenvalue weighted by Crippen LogP contribution is -2.44. The maximum Gasteiger partial charge on any atom is 0.159 e. The molecular weight excluding hydrogens is 404 g/mol. The third-order valence-corrected chi connectivity index (χ3v) is 8.34. The fourth-order valence-corrected chi connectivity index (χ4v) is 6.07. The summed E-state index contributed by atoms with van der Waals surface area (Å²) >= 11 is 0. The van der Waals surface area contributed by atoms with E-state index in [0.717, 1.165) is 17.8 Å². The van der Waals surface area contributed by atoms with E-state index in [2.05, 4.69) is 54.2 Å². The van der Waals surface area contributed by atoms with Gasteiger partial charge in [-0.2, -0.15) is 0 Å². The average Bonchev–Trinajstić information content (AvgIpc) is 2.88. The highest BCUT2D eigenvalue weighted by molar-refractivity contribution is 5.56. The van der Waals surface area contributed by atoms with E-state index in [1.807, 2.05) is 6.08 Å². The van der Waals surface area contributed by atoms with Gasteiger partial charge < -0.3 is 4.74 Å². The van der Waals surface area contributed by atoms with E-state index in [-0.39, 0.29) is 0 Å². The summed E-state index contributed by atoms with van der Waals surface area (Å²) in [4.78, 5) is 9.06. The smallest absolute Gasteiger partial charge is 0.159 e. The summed E-state index contributed by atoms with van der Waals surface area (Å²) in [6.45, 7) is 4.98. The Kier molecular flexibility index (Phi) is 8.22. The molecule has 0 N–H and O–H groups in total. The molecule has 2 aromatic rings. The average molecular weight is 447 g/mol. The first-order chi connectivity index (χ1) is 16.2. The van der Waals surface area contributed by atoms with Crippen LogP contribution in [0.15, 0.2) is 48.8 Å². The number of ether oxygens (including phenoxy) is 1. The molecule has 2 bridgehead atoms. The van der Waals surface area contributed by atoms with Crippen LogP contribution in [0.5, 0.6) is 5.75 Å². The Morgan fingerprint density at radius 1 is 0.818 bits per heavy atom. The van der Waals surface area contributed by atoms with Crippen LogP contribution in [-0.4, -0.2) is 16.6 Å². The lowest BCUT2D eigenvalue weighted by Gasteiger charge is -2.54. The molecule has 1 aromatic heterocycles. The lowest BCUT2D eigenvalue weighted by molar-refractivity contribution is 0.0304. The van der Waals surface area contributed by atoms with Gasteiger partial charge in [0, 0.05) is 5.56 Å². The molecule has 178 valence electrons. The number of aromatic nitrogens is 2. The maximum atomic E-state index is 5.67. The number of fused-ring (bicyclic) bond motifs is 3. The fraction of sp³-hybridized carbons (Fsp3) is 0.600. The third-order valence-electron chi connectivity index (χ3n) is 8.34. The Bertz CT molecular complexity index is 860. The van der Waals surface area contributed by atoms with Gasteiger partial charge in [0.15, 0.2) is 11.6 Å². The van der Waals surface area contributed by atoms with Gasteiger partial charge in [0.25, 0.3) is 0 Å². The molecule has 1 heterocycles. The van der Waals surface area contributed by atoms with E-state index in [1.165, 1.54) is 82.6 Å². The van der Waals surface area contributed by atoms with Crippen molar-refractivity contribution in [1.82, 2.24) is 9.97 Å². The molecule has 3 heteroatoms. The zero-order valence-electron chi connectivity index (χ0n) is 20.8. The molecule has 1 aromatic carbocycles. The first-order valence-corrected chi connectivity index (χ1v) is 13.4. The van der Waals surface area contributed by atoms with E-state index in [0.29, 0.717) is 23.2 Å². The van der Waals surface area contributed by atoms with Crippen LogP contribution in [0.3, 0.4) is 0 Å². The summed E-state index contributed by atoms with van der Waals surface area (Å²) in [5.41, 5.74) is 3.69. The van der Waals surface area contributed by atoms with Crippen LogP contribution < -0.4 is 4.74 Å². The molecule has 3 nitrogen and oxygen atoms in total. The summed E-state index contributed by atoms with van der Waals surface area (Å²) in [6, 6.07) is 9.13. The number of hydrogen-bond acceptors (Lipinski definition) is 3. The van der Waals surface area contributed by atoms with Crippen LogP contribution in [0.4, 0.5) is 0 Å². The van der Waals surface area contributed by atoms with E-state index in [4.69, 9.17) is 4.74 Å². The molecule has 3 saturated carbocycles. The molecule has 0 saturated heterocycles. The van der Waals surface area contributed by atoms with Gasteiger partial charge >= 0.3 is 0 Å². The molecule has 33 heavy (non-hydrogen) atoms. The highest BCUT2D eigenvalue weighted by Gasteiger charge is 2.48. The number of unbranched alkanes of at least 4 members (excludes halogenated alkanes) is 4. The molecule has 0 aliphatic heterocycles. The van der Waals surface area contributed by atoms with Crippen molar-refractivity contribution < 1.29 is 4.74 Å². The molecule has 3 aliphatic carbocycles. The number of nitrogens with zero attached hydrogens (tertiary/aromatic N) is 2. The minimum Gasteiger partial charge on any atom is -0.486 e. The topological polar surface area (TPSA) is 35.0 Å². The van der Waals surface area contributed by atoms with Gasteiger partial charge in [0.05, 0.1) is 12.4 Å². The minimum absolute atomic E-state index is 0.410. The lowest BCUT2D eigenvalue weighted by atomic mass is 9.51. The Morgan fingerprint density at radius 3 is 2.12 bits per heavy atom. The number of rotatable bonds is 12. The zero-order valence-corrected chi connectivity index (χ0v) is 20.8. The van der Waals surface area contributed by atoms with Crippen LogP contribution in [-0.2, 0) is 5.41 Å². The van der Waals surface area contributed by atoms with Gasteiger partial charge in [-0.1, -0.05) is 82.4 Å². The normalized spacial score (nSPS) is 24.4. The van der Waals surface area contributed by atoms with Crippen molar-refractivity contribution in [2.24, 2.45) is 5.41 Å². The number of hydrogen-bond donors (Lipinski definition) is 0. The van der Waals surface area contributed by atoms with Crippen LogP contribution in [0.2, 0.25) is 0 Å². The highest BCUT2D eigenvalue weighted by Crippen LogP contribution is 2.59. The van der Waals surface area contributed by atoms with E-state index >= 15 is 0 Å². The van der Waals surface area contributed by atoms with Crippen molar-refractivity contribution in [1.29, 1.82) is 0 Å². The standard InChI is InChI=1S/C30H42N2O/c1-3-5-7-8-9-15-29-16-19-30(20-17-29,21-18-29)26-13-11-25(12-14-26)28-31-23-27(24-32-28)33-22-10-6-4-2/h6,10-14,23-24H,3-5,7-9,15-22H2,1-2H3/b10-6+. The van der Waals surface area contributed by atoms with Gasteiger partial charge in [-0.25, -0.2) is 9.97 Å². The summed E-state index contributed by atoms with van der Waals surface area (Å²) in [7, 11) is 0. The van der Waals surface area contributed by atoms with Crippen LogP contribution in [0.1, 0.15) is 103 Å². The van der Waals surface area contributed by atoms with Crippen LogP contribution in [0, 0.1) is 5.41 Å². The van der Waals surface area contributed by atoms with E-state index < -0.39 is 0 Å². The molecule has 0 amide bonds. The van der Waals surface area contributed by atoms with Gasteiger partial charge in [-0.05, 0) is 67.8 Å². The van der Waals surface area contributed by atoms with Crippen molar-refractivity contribution in [2.45, 2.75) is 103 Å². The molecule has 0 radical (unpaired) electrons. The highest BCUT2D eigenvalue weighted by atomic mass is 16.5.